The first-order valence-electron chi connectivity index (χ1n) is 5.84. The maximum absolute atomic E-state index is 11.9. The van der Waals surface area contributed by atoms with Crippen molar-refractivity contribution in [1.82, 2.24) is 4.98 Å². The Morgan fingerprint density at radius 1 is 1.32 bits per heavy atom. The number of aromatic hydroxyl groups is 1. The molecule has 2 aromatic rings. The predicted molar refractivity (Wildman–Crippen MR) is 74.1 cm³/mol. The van der Waals surface area contributed by atoms with Crippen LogP contribution in [-0.4, -0.2) is 15.9 Å². The van der Waals surface area contributed by atoms with Gasteiger partial charge in [-0.3, -0.25) is 9.78 Å². The highest BCUT2D eigenvalue weighted by Gasteiger charge is 2.03. The van der Waals surface area contributed by atoms with Crippen LogP contribution in [0, 0.1) is 0 Å². The van der Waals surface area contributed by atoms with Crippen molar-refractivity contribution in [1.29, 1.82) is 0 Å². The number of aromatic nitrogens is 1. The molecule has 0 atom stereocenters. The second-order valence-corrected chi connectivity index (χ2v) is 4.11. The topological polar surface area (TPSA) is 62.2 Å². The van der Waals surface area contributed by atoms with Crippen LogP contribution in [0.15, 0.2) is 60.6 Å². The molecule has 2 N–H and O–H groups in total. The molecule has 0 radical (unpaired) electrons. The third-order valence-electron chi connectivity index (χ3n) is 2.48. The number of hydrogen-bond acceptors (Lipinski definition) is 4. The van der Waals surface area contributed by atoms with Crippen molar-refractivity contribution >= 4 is 11.5 Å². The Kier molecular flexibility index (Phi) is 3.93. The lowest BCUT2D eigenvalue weighted by molar-refractivity contribution is 0.104. The quantitative estimate of drug-likeness (QED) is 0.650. The van der Waals surface area contributed by atoms with Crippen LogP contribution >= 0.6 is 0 Å². The van der Waals surface area contributed by atoms with E-state index in [1.807, 2.05) is 6.07 Å². The summed E-state index contributed by atoms with van der Waals surface area (Å²) in [5, 5.41) is 12.4. The van der Waals surface area contributed by atoms with E-state index >= 15 is 0 Å². The molecule has 4 nitrogen and oxygen atoms in total. The lowest BCUT2D eigenvalue weighted by Gasteiger charge is -2.06. The molecular weight excluding hydrogens is 240 g/mol. The first-order valence-corrected chi connectivity index (χ1v) is 5.84. The number of pyridine rings is 1. The fraction of sp³-hybridized carbons (Fsp3) is 0.0667. The third-order valence-corrected chi connectivity index (χ3v) is 2.48. The number of carbonyl (C=O) groups excluding carboxylic acids is 1. The molecule has 19 heavy (non-hydrogen) atoms. The molecule has 96 valence electrons. The monoisotopic (exact) mass is 254 g/mol. The number of anilines is 1. The summed E-state index contributed by atoms with van der Waals surface area (Å²) in [4.78, 5) is 15.8. The van der Waals surface area contributed by atoms with Crippen molar-refractivity contribution in [2.24, 2.45) is 0 Å². The van der Waals surface area contributed by atoms with Gasteiger partial charge in [-0.2, -0.15) is 0 Å². The summed E-state index contributed by atoms with van der Waals surface area (Å²) in [7, 11) is 0. The highest BCUT2D eigenvalue weighted by molar-refractivity contribution is 6.04. The van der Waals surface area contributed by atoms with Gasteiger partial charge in [0, 0.05) is 41.5 Å². The van der Waals surface area contributed by atoms with E-state index in [9.17, 15) is 9.90 Å². The molecule has 2 rings (SSSR count). The first kappa shape index (κ1) is 12.8. The molecule has 0 bridgehead atoms. The van der Waals surface area contributed by atoms with Crippen LogP contribution in [-0.2, 0) is 0 Å². The maximum Gasteiger partial charge on any atom is 0.189 e. The predicted octanol–water partition coefficient (Wildman–Crippen LogP) is 2.99. The van der Waals surface area contributed by atoms with Gasteiger partial charge in [0.1, 0.15) is 5.75 Å². The first-order chi connectivity index (χ1) is 9.15. The molecule has 4 heteroatoms. The third kappa shape index (κ3) is 3.67. The molecule has 0 saturated carbocycles. The number of carbonyl (C=O) groups is 1. The molecule has 0 unspecified atom stereocenters. The second kappa shape index (κ2) is 5.82. The lowest BCUT2D eigenvalue weighted by Crippen LogP contribution is -2.01. The van der Waals surface area contributed by atoms with Crippen molar-refractivity contribution in [3.63, 3.8) is 0 Å². The number of hydrogen-bond donors (Lipinski definition) is 2. The van der Waals surface area contributed by atoms with Crippen molar-refractivity contribution < 1.29 is 9.90 Å². The molecule has 0 saturated heterocycles. The SMILES string of the molecule is C/C(=C\C(=O)c1cccnc1)Nc1cccc(O)c1. The fourth-order valence-corrected chi connectivity index (χ4v) is 1.64. The van der Waals surface area contributed by atoms with Crippen molar-refractivity contribution in [2.75, 3.05) is 5.32 Å². The molecular formula is C15H14N2O2. The highest BCUT2D eigenvalue weighted by Crippen LogP contribution is 2.17. The summed E-state index contributed by atoms with van der Waals surface area (Å²) in [6, 6.07) is 10.2. The van der Waals surface area contributed by atoms with E-state index in [2.05, 4.69) is 10.3 Å². The van der Waals surface area contributed by atoms with E-state index in [4.69, 9.17) is 0 Å². The fourth-order valence-electron chi connectivity index (χ4n) is 1.64. The molecule has 1 aromatic carbocycles. The van der Waals surface area contributed by atoms with Gasteiger partial charge in [0.15, 0.2) is 5.78 Å². The van der Waals surface area contributed by atoms with Crippen LogP contribution in [0.25, 0.3) is 0 Å². The standard InChI is InChI=1S/C15H14N2O2/c1-11(17-13-5-2-6-14(18)9-13)8-15(19)12-4-3-7-16-10-12/h2-10,17-18H,1H3/b11-8+. The normalized spacial score (nSPS) is 11.1. The minimum absolute atomic E-state index is 0.113. The average Bonchev–Trinajstić information content (AvgIpc) is 2.39. The zero-order chi connectivity index (χ0) is 13.7. The molecule has 1 heterocycles. The van der Waals surface area contributed by atoms with E-state index in [1.165, 1.54) is 12.3 Å². The molecule has 0 fully saturated rings. The summed E-state index contributed by atoms with van der Waals surface area (Å²) in [6.45, 7) is 1.79. The Morgan fingerprint density at radius 2 is 2.16 bits per heavy atom. The van der Waals surface area contributed by atoms with Crippen LogP contribution in [0.4, 0.5) is 5.69 Å². The van der Waals surface area contributed by atoms with Gasteiger partial charge in [-0.15, -0.1) is 0 Å². The lowest BCUT2D eigenvalue weighted by atomic mass is 10.1. The van der Waals surface area contributed by atoms with Gasteiger partial charge in [0.2, 0.25) is 0 Å². The number of nitrogens with one attached hydrogen (secondary N) is 1. The van der Waals surface area contributed by atoms with Gasteiger partial charge >= 0.3 is 0 Å². The van der Waals surface area contributed by atoms with Gasteiger partial charge in [-0.1, -0.05) is 6.07 Å². The number of ketones is 1. The smallest absolute Gasteiger partial charge is 0.189 e. The van der Waals surface area contributed by atoms with Crippen LogP contribution in [0.1, 0.15) is 17.3 Å². The van der Waals surface area contributed by atoms with Crippen molar-refractivity contribution in [3.8, 4) is 5.75 Å². The molecule has 0 amide bonds. The van der Waals surface area contributed by atoms with E-state index < -0.39 is 0 Å². The summed E-state index contributed by atoms with van der Waals surface area (Å²) in [6.07, 6.45) is 4.65. The Morgan fingerprint density at radius 3 is 2.84 bits per heavy atom. The summed E-state index contributed by atoms with van der Waals surface area (Å²) < 4.78 is 0. The Labute approximate surface area is 111 Å². The number of phenolic OH excluding ortho intramolecular Hbond substituents is 1. The number of allylic oxidation sites excluding steroid dienone is 2. The minimum atomic E-state index is -0.113. The van der Waals surface area contributed by atoms with Crippen LogP contribution in [0.3, 0.4) is 0 Å². The van der Waals surface area contributed by atoms with E-state index in [0.717, 1.165) is 5.69 Å². The highest BCUT2D eigenvalue weighted by atomic mass is 16.3. The van der Waals surface area contributed by atoms with E-state index in [-0.39, 0.29) is 11.5 Å². The van der Waals surface area contributed by atoms with Gasteiger partial charge in [0.05, 0.1) is 0 Å². The summed E-state index contributed by atoms with van der Waals surface area (Å²) in [5.74, 6) is 0.0645. The summed E-state index contributed by atoms with van der Waals surface area (Å²) >= 11 is 0. The molecule has 0 aliphatic rings. The Hall–Kier alpha value is -2.62. The largest absolute Gasteiger partial charge is 0.508 e. The van der Waals surface area contributed by atoms with E-state index in [0.29, 0.717) is 11.3 Å². The average molecular weight is 254 g/mol. The zero-order valence-corrected chi connectivity index (χ0v) is 10.5. The molecule has 0 spiro atoms. The van der Waals surface area contributed by atoms with Crippen molar-refractivity contribution in [2.45, 2.75) is 6.92 Å². The number of nitrogens with zero attached hydrogens (tertiary/aromatic N) is 1. The molecule has 1 aromatic heterocycles. The molecule has 0 aliphatic carbocycles. The minimum Gasteiger partial charge on any atom is -0.508 e. The van der Waals surface area contributed by atoms with Crippen LogP contribution in [0.2, 0.25) is 0 Å². The Balaban J connectivity index is 2.09. The number of phenols is 1. The van der Waals surface area contributed by atoms with E-state index in [1.54, 1.807) is 43.5 Å². The van der Waals surface area contributed by atoms with Gasteiger partial charge in [0.25, 0.3) is 0 Å². The molecule has 0 aliphatic heterocycles. The van der Waals surface area contributed by atoms with Crippen molar-refractivity contribution in [3.05, 3.63) is 66.1 Å². The second-order valence-electron chi connectivity index (χ2n) is 4.11. The maximum atomic E-state index is 11.9. The van der Waals surface area contributed by atoms with Gasteiger partial charge < -0.3 is 10.4 Å². The summed E-state index contributed by atoms with van der Waals surface area (Å²) in [5.41, 5.74) is 1.96. The van der Waals surface area contributed by atoms with Gasteiger partial charge in [-0.25, -0.2) is 0 Å². The van der Waals surface area contributed by atoms with Gasteiger partial charge in [-0.05, 0) is 31.2 Å². The number of rotatable bonds is 4. The Bertz CT molecular complexity index is 607. The zero-order valence-electron chi connectivity index (χ0n) is 10.5. The van der Waals surface area contributed by atoms with Crippen LogP contribution in [0.5, 0.6) is 5.75 Å². The van der Waals surface area contributed by atoms with Crippen LogP contribution < -0.4 is 5.32 Å². The number of benzene rings is 1.